The van der Waals surface area contributed by atoms with E-state index in [1.807, 2.05) is 18.2 Å². The lowest BCUT2D eigenvalue weighted by atomic mass is 10.0. The van der Waals surface area contributed by atoms with Crippen molar-refractivity contribution in [2.75, 3.05) is 18.2 Å². The van der Waals surface area contributed by atoms with Crippen molar-refractivity contribution < 1.29 is 40.4 Å². The topological polar surface area (TPSA) is 271 Å². The van der Waals surface area contributed by atoms with Gasteiger partial charge < -0.3 is 53.2 Å². The number of primary amides is 1. The number of nitrogens with two attached hydrogens (primary N) is 2. The number of aromatic amines is 1. The lowest BCUT2D eigenvalue weighted by molar-refractivity contribution is -0.136. The molecule has 0 bridgehead atoms. The molecular formula is C37H51ClN8O8S. The van der Waals surface area contributed by atoms with Crippen LogP contribution < -0.4 is 38.0 Å². The summed E-state index contributed by atoms with van der Waals surface area (Å²) in [6.45, 7) is 1.56. The first-order chi connectivity index (χ1) is 26.7. The van der Waals surface area contributed by atoms with Crippen LogP contribution in [0.5, 0.6) is 5.75 Å². The van der Waals surface area contributed by atoms with Gasteiger partial charge in [0.2, 0.25) is 35.4 Å². The number of carbonyl (C=O) groups is 6. The van der Waals surface area contributed by atoms with E-state index in [2.05, 4.69) is 38.9 Å². The first-order valence-corrected chi connectivity index (χ1v) is 19.1. The smallest absolute Gasteiger partial charge is 0.245 e. The van der Waals surface area contributed by atoms with E-state index in [4.69, 9.17) is 24.5 Å². The number of nitrogens with one attached hydrogen (secondary N) is 6. The average molecular weight is 804 g/mol. The van der Waals surface area contributed by atoms with Crippen LogP contribution in [0.1, 0.15) is 50.2 Å². The lowest BCUT2D eigenvalue weighted by Crippen LogP contribution is -2.61. The van der Waals surface area contributed by atoms with Gasteiger partial charge in [-0.2, -0.15) is 12.6 Å². The molecule has 300 valence electrons. The molecule has 0 aliphatic heterocycles. The molecule has 1 aromatic heterocycles. The Morgan fingerprint density at radius 1 is 0.836 bits per heavy atom. The fourth-order valence-electron chi connectivity index (χ4n) is 5.79. The van der Waals surface area contributed by atoms with Gasteiger partial charge in [-0.05, 0) is 80.7 Å². The molecular weight excluding hydrogens is 752 g/mol. The van der Waals surface area contributed by atoms with Gasteiger partial charge in [0.05, 0.1) is 6.10 Å². The van der Waals surface area contributed by atoms with Crippen LogP contribution >= 0.6 is 24.2 Å². The number of aliphatic hydroxyl groups is 1. The minimum absolute atomic E-state index is 0.0330. The standard InChI is InChI=1S/C37H51ClN8O8S/c1-21(47)32(37(54)43-27(33(40)50)10-6-16-55)46-34(51)28(9-4-5-15-39)44-36(53)30(18-23-20-41-26-8-3-2-7-25(23)26)45-35(52)29(42-31(49)19-38)17-22-11-13-24(48)14-12-22/h2-3,7-8,11-14,20-21,27-30,32,41,47-48,55H,4-6,9-10,15-19,39H2,1H3,(H2,40,50)(H,42,49)(H,43,54)(H,44,53)(H,45,52)(H,46,51)/t21-,27+,28+,29+,30+,32+/m1/s1/i/hD. The van der Waals surface area contributed by atoms with E-state index in [1.54, 1.807) is 12.3 Å². The van der Waals surface area contributed by atoms with Crippen molar-refractivity contribution in [3.8, 4) is 5.75 Å². The zero-order valence-electron chi connectivity index (χ0n) is 31.5. The van der Waals surface area contributed by atoms with Crippen molar-refractivity contribution in [2.45, 2.75) is 88.2 Å². The highest BCUT2D eigenvalue weighted by Crippen LogP contribution is 2.20. The van der Waals surface area contributed by atoms with Gasteiger partial charge in [0.15, 0.2) is 1.41 Å². The average Bonchev–Trinajstić information content (AvgIpc) is 3.58. The molecule has 0 saturated carbocycles. The van der Waals surface area contributed by atoms with Gasteiger partial charge in [-0.1, -0.05) is 30.3 Å². The van der Waals surface area contributed by atoms with Crippen molar-refractivity contribution in [3.63, 3.8) is 0 Å². The molecule has 12 N–H and O–H groups in total. The zero-order chi connectivity index (χ0) is 41.4. The number of carbonyl (C=O) groups excluding carboxylic acids is 6. The number of hydrogen-bond donors (Lipinski definition) is 11. The van der Waals surface area contributed by atoms with E-state index in [0.717, 1.165) is 10.9 Å². The fourth-order valence-corrected chi connectivity index (χ4v) is 6.05. The van der Waals surface area contributed by atoms with Gasteiger partial charge in [0.1, 0.15) is 41.8 Å². The number of aliphatic hydroxyl groups excluding tert-OH is 1. The summed E-state index contributed by atoms with van der Waals surface area (Å²) >= 11 is 9.86. The number of fused-ring (bicyclic) bond motifs is 1. The first kappa shape index (κ1) is 42.9. The van der Waals surface area contributed by atoms with Gasteiger partial charge in [-0.15, -0.1) is 11.6 Å². The minimum atomic E-state index is -1.54. The summed E-state index contributed by atoms with van der Waals surface area (Å²) in [6.07, 6.45) is 1.52. The van der Waals surface area contributed by atoms with Crippen molar-refractivity contribution in [2.24, 2.45) is 11.5 Å². The Labute approximate surface area is 331 Å². The summed E-state index contributed by atoms with van der Waals surface area (Å²) in [6, 6.07) is 6.33. The summed E-state index contributed by atoms with van der Waals surface area (Å²) in [5.74, 6) is -5.28. The normalized spacial score (nSPS) is 14.7. The number of para-hydroxylation sites is 1. The van der Waals surface area contributed by atoms with E-state index in [1.165, 1.54) is 31.2 Å². The summed E-state index contributed by atoms with van der Waals surface area (Å²) < 4.78 is 8.45. The second-order valence-electron chi connectivity index (χ2n) is 13.1. The van der Waals surface area contributed by atoms with E-state index in [-0.39, 0.29) is 38.0 Å². The molecule has 3 rings (SSSR count). The minimum Gasteiger partial charge on any atom is -0.508 e. The number of amides is 6. The molecule has 6 atom stereocenters. The van der Waals surface area contributed by atoms with Gasteiger partial charge in [0, 0.05) is 29.9 Å². The number of aromatic nitrogens is 1. The Hall–Kier alpha value is -4.84. The van der Waals surface area contributed by atoms with E-state index in [0.29, 0.717) is 41.5 Å². The molecule has 18 heteroatoms. The molecule has 3 aromatic rings. The molecule has 16 nitrogen and oxygen atoms in total. The van der Waals surface area contributed by atoms with Crippen molar-refractivity contribution in [3.05, 3.63) is 65.9 Å². The second kappa shape index (κ2) is 22.5. The third-order valence-electron chi connectivity index (χ3n) is 8.77. The molecule has 55 heavy (non-hydrogen) atoms. The third kappa shape index (κ3) is 14.1. The predicted octanol–water partition coefficient (Wildman–Crippen LogP) is 0.0266. The Bertz CT molecular complexity index is 1800. The van der Waals surface area contributed by atoms with Crippen molar-refractivity contribution >= 4 is 70.6 Å². The Kier molecular flexibility index (Phi) is 17.6. The van der Waals surface area contributed by atoms with E-state index >= 15 is 0 Å². The van der Waals surface area contributed by atoms with Crippen LogP contribution in [0.3, 0.4) is 0 Å². The van der Waals surface area contributed by atoms with Gasteiger partial charge >= 0.3 is 0 Å². The molecule has 6 amide bonds. The van der Waals surface area contributed by atoms with Crippen molar-refractivity contribution in [1.82, 2.24) is 31.6 Å². The number of halogens is 1. The number of phenolic OH excluding ortho intramolecular Hbond substituents is 1. The number of thiol groups is 1. The third-order valence-corrected chi connectivity index (χ3v) is 9.31. The molecule has 2 aromatic carbocycles. The summed E-state index contributed by atoms with van der Waals surface area (Å²) in [5, 5.41) is 31.7. The highest BCUT2D eigenvalue weighted by Gasteiger charge is 2.34. The second-order valence-corrected chi connectivity index (χ2v) is 13.8. The fraction of sp³-hybridized carbons (Fsp3) is 0.459. The van der Waals surface area contributed by atoms with Crippen LogP contribution in [0.4, 0.5) is 0 Å². The summed E-state index contributed by atoms with van der Waals surface area (Å²) in [7, 11) is 0. The Morgan fingerprint density at radius 3 is 2.09 bits per heavy atom. The predicted molar refractivity (Wildman–Crippen MR) is 211 cm³/mol. The van der Waals surface area contributed by atoms with Crippen LogP contribution in [0, 0.1) is 0 Å². The molecule has 0 unspecified atom stereocenters. The maximum Gasteiger partial charge on any atom is 0.245 e. The lowest BCUT2D eigenvalue weighted by Gasteiger charge is -2.28. The first-order valence-electron chi connectivity index (χ1n) is 18.3. The number of phenols is 1. The zero-order valence-corrected chi connectivity index (χ0v) is 32.2. The van der Waals surface area contributed by atoms with Crippen LogP contribution in [-0.2, 0) is 41.6 Å². The quantitative estimate of drug-likeness (QED) is 0.0350. The van der Waals surface area contributed by atoms with Gasteiger partial charge in [-0.25, -0.2) is 0 Å². The molecule has 1 heterocycles. The SMILES string of the molecule is [2H]N(C(=O)CCl)[C@@H](Cc1ccc(O)cc1)C(=O)N[C@@H](Cc1c[nH]c2ccccc12)C(=O)N[C@@H](CCCCN)C(=O)N[C@H](C(=O)N[C@@H](CCCS)C(N)=O)[C@@H](C)O. The number of rotatable bonds is 23. The molecule has 0 radical (unpaired) electrons. The maximum atomic E-state index is 14.2. The molecule has 0 aliphatic carbocycles. The van der Waals surface area contributed by atoms with Gasteiger partial charge in [-0.3, -0.25) is 28.8 Å². The van der Waals surface area contributed by atoms with E-state index in [9.17, 15) is 39.0 Å². The van der Waals surface area contributed by atoms with Gasteiger partial charge in [0.25, 0.3) is 0 Å². The summed E-state index contributed by atoms with van der Waals surface area (Å²) in [4.78, 5) is 83.0. The van der Waals surface area contributed by atoms with Crippen LogP contribution in [0.2, 0.25) is 1.41 Å². The molecule has 0 spiro atoms. The number of hydrogen-bond acceptors (Lipinski definition) is 10. The van der Waals surface area contributed by atoms with E-state index < -0.39 is 77.6 Å². The highest BCUT2D eigenvalue weighted by molar-refractivity contribution is 7.80. The Balaban J connectivity index is 1.95. The van der Waals surface area contributed by atoms with Crippen LogP contribution in [0.25, 0.3) is 10.9 Å². The largest absolute Gasteiger partial charge is 0.508 e. The monoisotopic (exact) mass is 803 g/mol. The van der Waals surface area contributed by atoms with Crippen molar-refractivity contribution in [1.29, 1.82) is 0 Å². The number of alkyl halides is 1. The molecule has 0 saturated heterocycles. The summed E-state index contributed by atoms with van der Waals surface area (Å²) in [5.41, 5.74) is 13.0. The number of H-pyrrole nitrogens is 1. The molecule has 0 aliphatic rings. The van der Waals surface area contributed by atoms with Crippen LogP contribution in [0.15, 0.2) is 54.7 Å². The number of unbranched alkanes of at least 4 members (excludes halogenated alkanes) is 1. The number of aromatic hydroxyl groups is 1. The Morgan fingerprint density at radius 2 is 1.45 bits per heavy atom. The number of benzene rings is 2. The highest BCUT2D eigenvalue weighted by atomic mass is 35.5. The molecule has 0 fully saturated rings. The van der Waals surface area contributed by atoms with Crippen LogP contribution in [-0.4, -0.2) is 105 Å². The maximum absolute atomic E-state index is 14.2.